The van der Waals surface area contributed by atoms with E-state index in [1.165, 1.54) is 49.3 Å². The SMILES string of the molecule is CC(C)N(CC1CCCCN1)c1ncnc2c1CCC2. The van der Waals surface area contributed by atoms with Crippen molar-refractivity contribution < 1.29 is 0 Å². The lowest BCUT2D eigenvalue weighted by Crippen LogP contribution is -2.46. The van der Waals surface area contributed by atoms with Gasteiger partial charge in [-0.2, -0.15) is 0 Å². The molecule has 0 aromatic carbocycles. The average molecular weight is 274 g/mol. The molecule has 0 spiro atoms. The van der Waals surface area contributed by atoms with E-state index in [-0.39, 0.29) is 0 Å². The van der Waals surface area contributed by atoms with Gasteiger partial charge >= 0.3 is 0 Å². The number of anilines is 1. The normalized spacial score (nSPS) is 22.1. The van der Waals surface area contributed by atoms with Crippen LogP contribution in [0, 0.1) is 0 Å². The molecule has 1 unspecified atom stereocenters. The Bertz CT molecular complexity index is 452. The van der Waals surface area contributed by atoms with Crippen molar-refractivity contribution in [3.63, 3.8) is 0 Å². The molecule has 0 saturated carbocycles. The third-order valence-corrected chi connectivity index (χ3v) is 4.58. The van der Waals surface area contributed by atoms with Gasteiger partial charge in [0.2, 0.25) is 0 Å². The van der Waals surface area contributed by atoms with E-state index in [0.29, 0.717) is 12.1 Å². The Morgan fingerprint density at radius 1 is 1.25 bits per heavy atom. The van der Waals surface area contributed by atoms with Gasteiger partial charge in [-0.15, -0.1) is 0 Å². The minimum atomic E-state index is 0.485. The fourth-order valence-electron chi connectivity index (χ4n) is 3.45. The highest BCUT2D eigenvalue weighted by atomic mass is 15.2. The Kier molecular flexibility index (Phi) is 4.20. The highest BCUT2D eigenvalue weighted by Crippen LogP contribution is 2.29. The van der Waals surface area contributed by atoms with Crippen molar-refractivity contribution in [3.05, 3.63) is 17.6 Å². The smallest absolute Gasteiger partial charge is 0.135 e. The first-order valence-electron chi connectivity index (χ1n) is 8.08. The molecule has 0 amide bonds. The van der Waals surface area contributed by atoms with Crippen LogP contribution in [-0.2, 0) is 12.8 Å². The first-order valence-corrected chi connectivity index (χ1v) is 8.08. The van der Waals surface area contributed by atoms with Crippen LogP contribution in [0.1, 0.15) is 50.8 Å². The van der Waals surface area contributed by atoms with E-state index in [1.807, 2.05) is 0 Å². The van der Waals surface area contributed by atoms with Crippen molar-refractivity contribution in [2.24, 2.45) is 0 Å². The molecule has 1 atom stereocenters. The molecule has 0 radical (unpaired) electrons. The van der Waals surface area contributed by atoms with E-state index in [0.717, 1.165) is 19.4 Å². The summed E-state index contributed by atoms with van der Waals surface area (Å²) in [5.41, 5.74) is 2.68. The summed E-state index contributed by atoms with van der Waals surface area (Å²) >= 11 is 0. The van der Waals surface area contributed by atoms with Crippen LogP contribution in [0.4, 0.5) is 5.82 Å². The molecular formula is C16H26N4. The Labute approximate surface area is 122 Å². The molecule has 1 aromatic rings. The Morgan fingerprint density at radius 2 is 2.15 bits per heavy atom. The standard InChI is InChI=1S/C16H26N4/c1-12(2)20(10-13-6-3-4-9-17-13)16-14-7-5-8-15(14)18-11-19-16/h11-13,17H,3-10H2,1-2H3. The molecule has 110 valence electrons. The predicted octanol–water partition coefficient (Wildman–Crippen LogP) is 2.32. The van der Waals surface area contributed by atoms with Gasteiger partial charge < -0.3 is 10.2 Å². The predicted molar refractivity (Wildman–Crippen MR) is 82.2 cm³/mol. The van der Waals surface area contributed by atoms with Crippen molar-refractivity contribution in [3.8, 4) is 0 Å². The summed E-state index contributed by atoms with van der Waals surface area (Å²) in [6.45, 7) is 6.78. The molecule has 4 nitrogen and oxygen atoms in total. The van der Waals surface area contributed by atoms with Gasteiger partial charge in [-0.05, 0) is 52.5 Å². The van der Waals surface area contributed by atoms with Gasteiger partial charge in [0.15, 0.2) is 0 Å². The van der Waals surface area contributed by atoms with Crippen molar-refractivity contribution in [2.45, 2.75) is 64.5 Å². The fraction of sp³-hybridized carbons (Fsp3) is 0.750. The maximum atomic E-state index is 4.62. The number of aryl methyl sites for hydroxylation is 1. The minimum Gasteiger partial charge on any atom is -0.352 e. The van der Waals surface area contributed by atoms with Gasteiger partial charge in [-0.25, -0.2) is 9.97 Å². The van der Waals surface area contributed by atoms with E-state index in [2.05, 4.69) is 34.0 Å². The molecule has 2 heterocycles. The molecule has 1 aliphatic heterocycles. The molecule has 1 N–H and O–H groups in total. The zero-order valence-corrected chi connectivity index (χ0v) is 12.7. The zero-order valence-electron chi connectivity index (χ0n) is 12.7. The van der Waals surface area contributed by atoms with Crippen LogP contribution in [-0.4, -0.2) is 35.1 Å². The van der Waals surface area contributed by atoms with Gasteiger partial charge in [0.25, 0.3) is 0 Å². The van der Waals surface area contributed by atoms with Crippen LogP contribution in [0.25, 0.3) is 0 Å². The lowest BCUT2D eigenvalue weighted by atomic mass is 10.0. The highest BCUT2D eigenvalue weighted by molar-refractivity contribution is 5.51. The number of nitrogens with zero attached hydrogens (tertiary/aromatic N) is 3. The lowest BCUT2D eigenvalue weighted by Gasteiger charge is -2.35. The summed E-state index contributed by atoms with van der Waals surface area (Å²) in [7, 11) is 0. The number of aromatic nitrogens is 2. The van der Waals surface area contributed by atoms with Crippen LogP contribution >= 0.6 is 0 Å². The summed E-state index contributed by atoms with van der Waals surface area (Å²) < 4.78 is 0. The second-order valence-electron chi connectivity index (χ2n) is 6.37. The monoisotopic (exact) mass is 274 g/mol. The zero-order chi connectivity index (χ0) is 13.9. The number of rotatable bonds is 4. The second kappa shape index (κ2) is 6.08. The summed E-state index contributed by atoms with van der Waals surface area (Å²) in [6, 6.07) is 1.09. The number of nitrogens with one attached hydrogen (secondary N) is 1. The van der Waals surface area contributed by atoms with Gasteiger partial charge in [0.1, 0.15) is 12.1 Å². The first kappa shape index (κ1) is 13.8. The molecule has 20 heavy (non-hydrogen) atoms. The van der Waals surface area contributed by atoms with Crippen molar-refractivity contribution in [2.75, 3.05) is 18.0 Å². The van der Waals surface area contributed by atoms with Crippen LogP contribution in [0.5, 0.6) is 0 Å². The van der Waals surface area contributed by atoms with E-state index in [4.69, 9.17) is 0 Å². The van der Waals surface area contributed by atoms with Crippen LogP contribution < -0.4 is 10.2 Å². The van der Waals surface area contributed by atoms with Crippen LogP contribution in [0.15, 0.2) is 6.33 Å². The average Bonchev–Trinajstić information content (AvgIpc) is 2.94. The van der Waals surface area contributed by atoms with Crippen molar-refractivity contribution in [1.82, 2.24) is 15.3 Å². The maximum absolute atomic E-state index is 4.62. The molecule has 1 aromatic heterocycles. The summed E-state index contributed by atoms with van der Waals surface area (Å²) in [6.07, 6.45) is 9.21. The number of hydrogen-bond donors (Lipinski definition) is 1. The fourth-order valence-corrected chi connectivity index (χ4v) is 3.45. The number of fused-ring (bicyclic) bond motifs is 1. The maximum Gasteiger partial charge on any atom is 0.135 e. The van der Waals surface area contributed by atoms with Crippen molar-refractivity contribution >= 4 is 5.82 Å². The van der Waals surface area contributed by atoms with E-state index >= 15 is 0 Å². The summed E-state index contributed by atoms with van der Waals surface area (Å²) in [5.74, 6) is 1.19. The molecule has 1 saturated heterocycles. The molecule has 1 fully saturated rings. The Morgan fingerprint density at radius 3 is 2.90 bits per heavy atom. The van der Waals surface area contributed by atoms with E-state index in [9.17, 15) is 0 Å². The van der Waals surface area contributed by atoms with Gasteiger partial charge in [-0.3, -0.25) is 0 Å². The molecule has 2 aliphatic rings. The minimum absolute atomic E-state index is 0.485. The number of piperidine rings is 1. The number of hydrogen-bond acceptors (Lipinski definition) is 4. The van der Waals surface area contributed by atoms with Gasteiger partial charge in [-0.1, -0.05) is 6.42 Å². The first-order chi connectivity index (χ1) is 9.75. The van der Waals surface area contributed by atoms with Gasteiger partial charge in [0, 0.05) is 29.9 Å². The summed E-state index contributed by atoms with van der Waals surface area (Å²) in [5, 5.41) is 3.66. The highest BCUT2D eigenvalue weighted by Gasteiger charge is 2.25. The molecular weight excluding hydrogens is 248 g/mol. The van der Waals surface area contributed by atoms with E-state index < -0.39 is 0 Å². The van der Waals surface area contributed by atoms with Crippen LogP contribution in [0.3, 0.4) is 0 Å². The molecule has 0 bridgehead atoms. The molecule has 3 rings (SSSR count). The Hall–Kier alpha value is -1.16. The molecule has 1 aliphatic carbocycles. The third-order valence-electron chi connectivity index (χ3n) is 4.58. The van der Waals surface area contributed by atoms with Crippen molar-refractivity contribution in [1.29, 1.82) is 0 Å². The Balaban J connectivity index is 1.81. The molecule has 4 heteroatoms. The van der Waals surface area contributed by atoms with Gasteiger partial charge in [0.05, 0.1) is 0 Å². The van der Waals surface area contributed by atoms with Crippen LogP contribution in [0.2, 0.25) is 0 Å². The topological polar surface area (TPSA) is 41.0 Å². The second-order valence-corrected chi connectivity index (χ2v) is 6.37. The van der Waals surface area contributed by atoms with E-state index in [1.54, 1.807) is 6.33 Å². The largest absolute Gasteiger partial charge is 0.352 e. The third kappa shape index (κ3) is 2.80. The quantitative estimate of drug-likeness (QED) is 0.915. The summed E-state index contributed by atoms with van der Waals surface area (Å²) in [4.78, 5) is 11.6. The lowest BCUT2D eigenvalue weighted by molar-refractivity contribution is 0.392.